The lowest BCUT2D eigenvalue weighted by molar-refractivity contribution is -0.282. The highest BCUT2D eigenvalue weighted by molar-refractivity contribution is 5.94. The third-order valence-corrected chi connectivity index (χ3v) is 4.62. The molecule has 1 aromatic carbocycles. The number of rotatable bonds is 8. The molecule has 0 radical (unpaired) electrons. The van der Waals surface area contributed by atoms with Crippen molar-refractivity contribution in [2.45, 2.75) is 51.5 Å². The highest BCUT2D eigenvalue weighted by atomic mass is 16.7. The minimum absolute atomic E-state index is 0.124. The zero-order valence-corrected chi connectivity index (χ0v) is 19.5. The Labute approximate surface area is 199 Å². The summed E-state index contributed by atoms with van der Waals surface area (Å²) in [6.45, 7) is 3.13. The Bertz CT molecular complexity index is 1000. The van der Waals surface area contributed by atoms with Gasteiger partial charge in [0.1, 0.15) is 17.6 Å². The van der Waals surface area contributed by atoms with Crippen LogP contribution in [0.5, 0.6) is 5.75 Å². The van der Waals surface area contributed by atoms with Crippen LogP contribution in [0.2, 0.25) is 0 Å². The molecule has 5 atom stereocenters. The molecule has 13 nitrogen and oxygen atoms in total. The van der Waals surface area contributed by atoms with E-state index in [1.807, 2.05) is 0 Å². The normalized spacial score (nSPS) is 23.3. The first-order valence-corrected chi connectivity index (χ1v) is 10.1. The van der Waals surface area contributed by atoms with E-state index in [9.17, 15) is 28.8 Å². The number of benzene rings is 1. The van der Waals surface area contributed by atoms with Crippen LogP contribution in [0.4, 0.5) is 0 Å². The van der Waals surface area contributed by atoms with Gasteiger partial charge in [0.15, 0.2) is 18.3 Å². The number of aldehydes is 1. The lowest BCUT2D eigenvalue weighted by Crippen LogP contribution is -2.64. The lowest BCUT2D eigenvalue weighted by atomic mass is 9.97. The molecule has 0 saturated carbocycles. The summed E-state index contributed by atoms with van der Waals surface area (Å²) in [7, 11) is 2.14. The molecule has 0 aliphatic carbocycles. The second-order valence-electron chi connectivity index (χ2n) is 7.15. The van der Waals surface area contributed by atoms with Crippen molar-refractivity contribution in [3.8, 4) is 5.75 Å². The summed E-state index contributed by atoms with van der Waals surface area (Å²) >= 11 is 0. The fraction of sp³-hybridized carbons (Fsp3) is 0.455. The van der Waals surface area contributed by atoms with Gasteiger partial charge in [-0.25, -0.2) is 9.59 Å². The number of methoxy groups -OCH3 is 2. The summed E-state index contributed by atoms with van der Waals surface area (Å²) in [6.07, 6.45) is -7.59. The van der Waals surface area contributed by atoms with E-state index in [4.69, 9.17) is 33.2 Å². The zero-order chi connectivity index (χ0) is 26.3. The molecule has 190 valence electrons. The molecule has 1 aromatic rings. The molecule has 1 aliphatic heterocycles. The monoisotopic (exact) mass is 496 g/mol. The summed E-state index contributed by atoms with van der Waals surface area (Å²) < 4.78 is 36.5. The Morgan fingerprint density at radius 3 is 1.91 bits per heavy atom. The van der Waals surface area contributed by atoms with Crippen molar-refractivity contribution in [3.63, 3.8) is 0 Å². The third-order valence-electron chi connectivity index (χ3n) is 4.62. The van der Waals surface area contributed by atoms with Crippen LogP contribution < -0.4 is 4.74 Å². The number of hydrogen-bond acceptors (Lipinski definition) is 13. The molecule has 1 fully saturated rings. The van der Waals surface area contributed by atoms with Crippen molar-refractivity contribution in [2.24, 2.45) is 0 Å². The fourth-order valence-corrected chi connectivity index (χ4v) is 3.29. The summed E-state index contributed by atoms with van der Waals surface area (Å²) in [6, 6.07) is 3.75. The highest BCUT2D eigenvalue weighted by Crippen LogP contribution is 2.32. The minimum atomic E-state index is -1.68. The Kier molecular flexibility index (Phi) is 9.28. The van der Waals surface area contributed by atoms with Crippen molar-refractivity contribution in [3.05, 3.63) is 29.3 Å². The van der Waals surface area contributed by atoms with Gasteiger partial charge in [-0.2, -0.15) is 0 Å². The van der Waals surface area contributed by atoms with Gasteiger partial charge in [-0.1, -0.05) is 0 Å². The van der Waals surface area contributed by atoms with Crippen molar-refractivity contribution in [1.82, 2.24) is 0 Å². The van der Waals surface area contributed by atoms with Crippen LogP contribution in [0.15, 0.2) is 18.2 Å². The van der Waals surface area contributed by atoms with Crippen molar-refractivity contribution in [1.29, 1.82) is 0 Å². The van der Waals surface area contributed by atoms with Gasteiger partial charge in [0, 0.05) is 26.3 Å². The Hall–Kier alpha value is -4.00. The second kappa shape index (κ2) is 11.9. The van der Waals surface area contributed by atoms with Gasteiger partial charge in [-0.3, -0.25) is 19.2 Å². The molecular weight excluding hydrogens is 472 g/mol. The largest absolute Gasteiger partial charge is 0.467 e. The third kappa shape index (κ3) is 6.76. The Morgan fingerprint density at radius 1 is 0.829 bits per heavy atom. The van der Waals surface area contributed by atoms with Gasteiger partial charge < -0.3 is 33.2 Å². The first-order chi connectivity index (χ1) is 16.5. The van der Waals surface area contributed by atoms with Crippen LogP contribution in [0.25, 0.3) is 0 Å². The van der Waals surface area contributed by atoms with Gasteiger partial charge >= 0.3 is 29.8 Å². The van der Waals surface area contributed by atoms with Gasteiger partial charge in [-0.05, 0) is 18.2 Å². The van der Waals surface area contributed by atoms with E-state index < -0.39 is 60.6 Å². The molecule has 1 saturated heterocycles. The molecular formula is C22H24O13. The second-order valence-corrected chi connectivity index (χ2v) is 7.15. The van der Waals surface area contributed by atoms with E-state index in [0.29, 0.717) is 6.29 Å². The quantitative estimate of drug-likeness (QED) is 0.275. The SMILES string of the molecule is COC(=O)c1cc(C=O)ccc1O[C@@H]1O[C@H](C(=O)OC)[C@@H](OC(C)=O)[C@H](OC(C)=O)[C@H]1OC(C)=O. The van der Waals surface area contributed by atoms with E-state index in [-0.39, 0.29) is 16.9 Å². The Morgan fingerprint density at radius 2 is 1.40 bits per heavy atom. The topological polar surface area (TPSA) is 167 Å². The average molecular weight is 496 g/mol. The van der Waals surface area contributed by atoms with Gasteiger partial charge in [-0.15, -0.1) is 0 Å². The predicted octanol–water partition coefficient (Wildman–Crippen LogP) is 0.357. The Balaban J connectivity index is 2.61. The molecule has 35 heavy (non-hydrogen) atoms. The molecule has 0 N–H and O–H groups in total. The van der Waals surface area contributed by atoms with E-state index in [0.717, 1.165) is 35.0 Å². The fourth-order valence-electron chi connectivity index (χ4n) is 3.29. The predicted molar refractivity (Wildman–Crippen MR) is 111 cm³/mol. The standard InChI is InChI=1S/C22H24O13/c1-10(24)31-16-17(32-11(2)25)19(33-12(3)26)22(35-18(16)21(28)30-5)34-15-7-6-13(9-23)8-14(15)20(27)29-4/h6-9,16-19,22H,1-5H3/t16-,17-,18-,19+,22+/m0/s1. The molecule has 2 rings (SSSR count). The minimum Gasteiger partial charge on any atom is -0.467 e. The van der Waals surface area contributed by atoms with E-state index in [2.05, 4.69) is 0 Å². The van der Waals surface area contributed by atoms with Crippen LogP contribution in [0, 0.1) is 0 Å². The number of hydrogen-bond donors (Lipinski definition) is 0. The summed E-state index contributed by atoms with van der Waals surface area (Å²) in [4.78, 5) is 71.3. The van der Waals surface area contributed by atoms with E-state index in [1.54, 1.807) is 0 Å². The first-order valence-electron chi connectivity index (χ1n) is 10.1. The van der Waals surface area contributed by atoms with Crippen LogP contribution >= 0.6 is 0 Å². The number of carbonyl (C=O) groups excluding carboxylic acids is 6. The average Bonchev–Trinajstić information content (AvgIpc) is 2.80. The molecule has 0 amide bonds. The number of ether oxygens (including phenoxy) is 7. The molecule has 13 heteroatoms. The van der Waals surface area contributed by atoms with Gasteiger partial charge in [0.05, 0.1) is 14.2 Å². The smallest absolute Gasteiger partial charge is 0.341 e. The number of esters is 5. The van der Waals surface area contributed by atoms with E-state index in [1.165, 1.54) is 18.2 Å². The van der Waals surface area contributed by atoms with Crippen LogP contribution in [0.1, 0.15) is 41.5 Å². The van der Waals surface area contributed by atoms with Crippen molar-refractivity contribution < 1.29 is 61.9 Å². The van der Waals surface area contributed by atoms with Crippen LogP contribution in [0.3, 0.4) is 0 Å². The summed E-state index contributed by atoms with van der Waals surface area (Å²) in [5.74, 6) is -4.65. The maximum absolute atomic E-state index is 12.5. The molecule has 1 heterocycles. The highest BCUT2D eigenvalue weighted by Gasteiger charge is 2.56. The maximum Gasteiger partial charge on any atom is 0.341 e. The van der Waals surface area contributed by atoms with Crippen LogP contribution in [-0.2, 0) is 47.6 Å². The summed E-state index contributed by atoms with van der Waals surface area (Å²) in [5, 5.41) is 0. The maximum atomic E-state index is 12.5. The molecule has 0 aromatic heterocycles. The zero-order valence-electron chi connectivity index (χ0n) is 19.5. The summed E-state index contributed by atoms with van der Waals surface area (Å²) in [5.41, 5.74) is -0.0676. The number of carbonyl (C=O) groups is 6. The lowest BCUT2D eigenvalue weighted by Gasteiger charge is -2.43. The molecule has 0 bridgehead atoms. The van der Waals surface area contributed by atoms with Crippen molar-refractivity contribution in [2.75, 3.05) is 14.2 Å². The van der Waals surface area contributed by atoms with Crippen LogP contribution in [-0.4, -0.2) is 81.1 Å². The molecule has 0 spiro atoms. The first kappa shape index (κ1) is 27.2. The van der Waals surface area contributed by atoms with Gasteiger partial charge in [0.2, 0.25) is 12.4 Å². The molecule has 0 unspecified atom stereocenters. The van der Waals surface area contributed by atoms with E-state index >= 15 is 0 Å². The van der Waals surface area contributed by atoms with Gasteiger partial charge in [0.25, 0.3) is 0 Å². The van der Waals surface area contributed by atoms with Crippen molar-refractivity contribution >= 4 is 36.1 Å². The molecule has 1 aliphatic rings.